The topological polar surface area (TPSA) is 53.3 Å². The lowest BCUT2D eigenvalue weighted by molar-refractivity contribution is -0.117. The van der Waals surface area contributed by atoms with Crippen LogP contribution in [-0.4, -0.2) is 43.0 Å². The highest BCUT2D eigenvalue weighted by Crippen LogP contribution is 2.06. The van der Waals surface area contributed by atoms with E-state index >= 15 is 0 Å². The summed E-state index contributed by atoms with van der Waals surface area (Å²) < 4.78 is 5.24. The van der Waals surface area contributed by atoms with Crippen LogP contribution < -0.4 is 0 Å². The lowest BCUT2D eigenvalue weighted by Crippen LogP contribution is -2.42. The zero-order chi connectivity index (χ0) is 11.1. The number of nitriles is 1. The summed E-state index contributed by atoms with van der Waals surface area (Å²) in [5.74, 6) is 0.256. The first kappa shape index (κ1) is 12.2. The molecule has 84 valence electrons. The third-order valence-electron chi connectivity index (χ3n) is 2.55. The molecule has 1 fully saturated rings. The molecule has 0 N–H and O–H groups in total. The fraction of sp³-hybridized carbons (Fsp3) is 0.818. The van der Waals surface area contributed by atoms with E-state index in [2.05, 4.69) is 11.0 Å². The highest BCUT2D eigenvalue weighted by molar-refractivity contribution is 5.75. The van der Waals surface area contributed by atoms with Crippen LogP contribution in [0.4, 0.5) is 0 Å². The Labute approximate surface area is 90.8 Å². The number of morpholine rings is 1. The molecule has 1 rings (SSSR count). The molecule has 0 aromatic heterocycles. The minimum Gasteiger partial charge on any atom is -0.361 e. The minimum atomic E-state index is -0.272. The molecule has 15 heavy (non-hydrogen) atoms. The van der Waals surface area contributed by atoms with Gasteiger partial charge in [0.1, 0.15) is 5.78 Å². The highest BCUT2D eigenvalue weighted by Gasteiger charge is 2.18. The van der Waals surface area contributed by atoms with Gasteiger partial charge in [-0.2, -0.15) is 5.26 Å². The van der Waals surface area contributed by atoms with Gasteiger partial charge >= 0.3 is 0 Å². The van der Waals surface area contributed by atoms with Crippen molar-refractivity contribution in [3.63, 3.8) is 0 Å². The van der Waals surface area contributed by atoms with E-state index in [1.165, 1.54) is 0 Å². The Morgan fingerprint density at radius 2 is 2.40 bits per heavy atom. The maximum absolute atomic E-state index is 10.7. The molecule has 1 unspecified atom stereocenters. The van der Waals surface area contributed by atoms with Crippen molar-refractivity contribution in [2.24, 2.45) is 0 Å². The molecule has 0 radical (unpaired) electrons. The quantitative estimate of drug-likeness (QED) is 0.634. The molecular weight excluding hydrogens is 192 g/mol. The third-order valence-corrected chi connectivity index (χ3v) is 2.55. The van der Waals surface area contributed by atoms with E-state index in [-0.39, 0.29) is 11.9 Å². The van der Waals surface area contributed by atoms with Gasteiger partial charge in [-0.15, -0.1) is 0 Å². The SMILES string of the molecule is CC(=O)CCCCN1CCOC(C#N)C1. The normalized spacial score (nSPS) is 22.3. The standard InChI is InChI=1S/C11H18N2O2/c1-10(14)4-2-3-5-13-6-7-15-11(8-12)9-13/h11H,2-7,9H2,1H3. The predicted molar refractivity (Wildman–Crippen MR) is 56.3 cm³/mol. The van der Waals surface area contributed by atoms with Crippen molar-refractivity contribution in [1.29, 1.82) is 5.26 Å². The van der Waals surface area contributed by atoms with E-state index in [1.54, 1.807) is 6.92 Å². The van der Waals surface area contributed by atoms with Crippen molar-refractivity contribution >= 4 is 5.78 Å². The number of ether oxygens (including phenoxy) is 1. The Balaban J connectivity index is 2.10. The average molecular weight is 210 g/mol. The molecule has 1 aliphatic heterocycles. The highest BCUT2D eigenvalue weighted by atomic mass is 16.5. The molecule has 1 aliphatic rings. The molecule has 1 saturated heterocycles. The van der Waals surface area contributed by atoms with Gasteiger partial charge in [0, 0.05) is 19.5 Å². The predicted octanol–water partition coefficient (Wildman–Crippen LogP) is 0.970. The molecule has 4 heteroatoms. The number of carbonyl (C=O) groups excluding carboxylic acids is 1. The summed E-state index contributed by atoms with van der Waals surface area (Å²) in [6.45, 7) is 4.84. The van der Waals surface area contributed by atoms with Crippen molar-refractivity contribution in [3.05, 3.63) is 0 Å². The van der Waals surface area contributed by atoms with E-state index < -0.39 is 0 Å². The van der Waals surface area contributed by atoms with Gasteiger partial charge in [0.15, 0.2) is 6.10 Å². The van der Waals surface area contributed by atoms with Crippen LogP contribution in [0.2, 0.25) is 0 Å². The zero-order valence-corrected chi connectivity index (χ0v) is 9.24. The van der Waals surface area contributed by atoms with E-state index in [4.69, 9.17) is 10.00 Å². The maximum atomic E-state index is 10.7. The number of hydrogen-bond donors (Lipinski definition) is 0. The fourth-order valence-electron chi connectivity index (χ4n) is 1.69. The van der Waals surface area contributed by atoms with Gasteiger partial charge in [-0.25, -0.2) is 0 Å². The van der Waals surface area contributed by atoms with E-state index in [0.717, 1.165) is 25.9 Å². The number of Topliss-reactive ketones (excluding diaryl/α,β-unsaturated/α-hetero) is 1. The van der Waals surface area contributed by atoms with Crippen LogP contribution in [0, 0.1) is 11.3 Å². The fourth-order valence-corrected chi connectivity index (χ4v) is 1.69. The Morgan fingerprint density at radius 3 is 3.07 bits per heavy atom. The summed E-state index contributed by atoms with van der Waals surface area (Å²) in [5, 5.41) is 8.71. The molecule has 4 nitrogen and oxygen atoms in total. The summed E-state index contributed by atoms with van der Waals surface area (Å²) >= 11 is 0. The maximum Gasteiger partial charge on any atom is 0.156 e. The van der Waals surface area contributed by atoms with Gasteiger partial charge < -0.3 is 9.53 Å². The first-order valence-corrected chi connectivity index (χ1v) is 5.45. The second-order valence-electron chi connectivity index (χ2n) is 3.95. The van der Waals surface area contributed by atoms with Crippen molar-refractivity contribution in [3.8, 4) is 6.07 Å². The second kappa shape index (κ2) is 6.54. The van der Waals surface area contributed by atoms with Crippen molar-refractivity contribution in [2.75, 3.05) is 26.2 Å². The number of unbranched alkanes of at least 4 members (excludes halogenated alkanes) is 1. The number of nitrogens with zero attached hydrogens (tertiary/aromatic N) is 2. The molecule has 0 bridgehead atoms. The monoisotopic (exact) mass is 210 g/mol. The lowest BCUT2D eigenvalue weighted by atomic mass is 10.2. The summed E-state index contributed by atoms with van der Waals surface area (Å²) in [4.78, 5) is 13.0. The second-order valence-corrected chi connectivity index (χ2v) is 3.95. The molecule has 0 spiro atoms. The Bertz CT molecular complexity index is 247. The summed E-state index contributed by atoms with van der Waals surface area (Å²) in [7, 11) is 0. The molecule has 0 aromatic carbocycles. The van der Waals surface area contributed by atoms with Crippen LogP contribution in [0.5, 0.6) is 0 Å². The zero-order valence-electron chi connectivity index (χ0n) is 9.24. The third kappa shape index (κ3) is 4.91. The Morgan fingerprint density at radius 1 is 1.60 bits per heavy atom. The van der Waals surface area contributed by atoms with E-state index in [9.17, 15) is 4.79 Å². The van der Waals surface area contributed by atoms with Gasteiger partial charge in [0.05, 0.1) is 12.7 Å². The van der Waals surface area contributed by atoms with Crippen LogP contribution in [0.15, 0.2) is 0 Å². The van der Waals surface area contributed by atoms with Crippen molar-refractivity contribution in [2.45, 2.75) is 32.3 Å². The van der Waals surface area contributed by atoms with Crippen molar-refractivity contribution in [1.82, 2.24) is 4.90 Å². The minimum absolute atomic E-state index is 0.256. The summed E-state index contributed by atoms with van der Waals surface area (Å²) in [5.41, 5.74) is 0. The number of hydrogen-bond acceptors (Lipinski definition) is 4. The largest absolute Gasteiger partial charge is 0.361 e. The Hall–Kier alpha value is -0.920. The van der Waals surface area contributed by atoms with Crippen LogP contribution in [0.3, 0.4) is 0 Å². The first-order valence-electron chi connectivity index (χ1n) is 5.45. The van der Waals surface area contributed by atoms with Crippen molar-refractivity contribution < 1.29 is 9.53 Å². The molecule has 1 atom stereocenters. The van der Waals surface area contributed by atoms with E-state index in [1.807, 2.05) is 0 Å². The molecule has 0 aromatic rings. The van der Waals surface area contributed by atoms with Crippen LogP contribution in [0.1, 0.15) is 26.2 Å². The Kier molecular flexibility index (Phi) is 5.30. The molecule has 1 heterocycles. The van der Waals surface area contributed by atoms with Crippen LogP contribution >= 0.6 is 0 Å². The number of carbonyl (C=O) groups is 1. The van der Waals surface area contributed by atoms with Crippen LogP contribution in [0.25, 0.3) is 0 Å². The number of ketones is 1. The molecule has 0 saturated carbocycles. The van der Waals surface area contributed by atoms with Gasteiger partial charge in [0.25, 0.3) is 0 Å². The lowest BCUT2D eigenvalue weighted by Gasteiger charge is -2.29. The van der Waals surface area contributed by atoms with E-state index in [0.29, 0.717) is 19.6 Å². The van der Waals surface area contributed by atoms with Gasteiger partial charge in [-0.1, -0.05) is 0 Å². The molecular formula is C11H18N2O2. The van der Waals surface area contributed by atoms with Gasteiger partial charge in [-0.3, -0.25) is 4.90 Å². The summed E-state index contributed by atoms with van der Waals surface area (Å²) in [6, 6.07) is 2.12. The van der Waals surface area contributed by atoms with Gasteiger partial charge in [0.2, 0.25) is 0 Å². The smallest absolute Gasteiger partial charge is 0.156 e. The molecule has 0 amide bonds. The summed E-state index contributed by atoms with van der Waals surface area (Å²) in [6.07, 6.45) is 2.37. The van der Waals surface area contributed by atoms with Gasteiger partial charge in [-0.05, 0) is 26.3 Å². The number of rotatable bonds is 5. The molecule has 0 aliphatic carbocycles. The average Bonchev–Trinajstić information content (AvgIpc) is 2.24. The van der Waals surface area contributed by atoms with Crippen LogP contribution in [-0.2, 0) is 9.53 Å². The first-order chi connectivity index (χ1) is 7.22.